The Labute approximate surface area is 149 Å². The van der Waals surface area contributed by atoms with Gasteiger partial charge in [-0.05, 0) is 17.7 Å². The number of hydrogen-bond donors (Lipinski definition) is 3. The molecule has 6 nitrogen and oxygen atoms in total. The molecule has 0 unspecified atom stereocenters. The monoisotopic (exact) mass is 352 g/mol. The largest absolute Gasteiger partial charge is 0.480 e. The highest BCUT2D eigenvalue weighted by Crippen LogP contribution is 2.21. The molecule has 0 aliphatic rings. The maximum absolute atomic E-state index is 13.0. The fourth-order valence-electron chi connectivity index (χ4n) is 2.32. The number of carboxylic acid groups (broad SMARTS) is 1. The van der Waals surface area contributed by atoms with Crippen molar-refractivity contribution in [1.29, 1.82) is 0 Å². The van der Waals surface area contributed by atoms with Gasteiger partial charge in [0.25, 0.3) is 0 Å². The summed E-state index contributed by atoms with van der Waals surface area (Å²) in [5.41, 5.74) is 2.44. The van der Waals surface area contributed by atoms with Crippen molar-refractivity contribution in [2.24, 2.45) is 0 Å². The Morgan fingerprint density at radius 2 is 1.73 bits per heavy atom. The van der Waals surface area contributed by atoms with Crippen LogP contribution in [0.5, 0.6) is 0 Å². The van der Waals surface area contributed by atoms with E-state index in [4.69, 9.17) is 5.11 Å². The lowest BCUT2D eigenvalue weighted by atomic mass is 10.1. The third kappa shape index (κ3) is 4.76. The Bertz CT molecular complexity index is 886. The van der Waals surface area contributed by atoms with E-state index in [1.165, 1.54) is 12.1 Å². The quantitative estimate of drug-likeness (QED) is 0.604. The second-order valence-electron chi connectivity index (χ2n) is 5.56. The number of nitrogens with zero attached hydrogens (tertiary/aromatic N) is 2. The van der Waals surface area contributed by atoms with Crippen molar-refractivity contribution in [1.82, 2.24) is 9.97 Å². The van der Waals surface area contributed by atoms with Crippen LogP contribution >= 0.6 is 0 Å². The molecule has 1 heterocycles. The minimum atomic E-state index is -1.00. The van der Waals surface area contributed by atoms with Crippen LogP contribution in [-0.2, 0) is 11.3 Å². The van der Waals surface area contributed by atoms with Crippen LogP contribution in [-0.4, -0.2) is 27.6 Å². The Hall–Kier alpha value is -3.48. The van der Waals surface area contributed by atoms with Crippen LogP contribution in [0.15, 0.2) is 60.7 Å². The second-order valence-corrected chi connectivity index (χ2v) is 5.56. The predicted molar refractivity (Wildman–Crippen MR) is 97.3 cm³/mol. The number of carbonyl (C=O) groups is 1. The van der Waals surface area contributed by atoms with E-state index in [0.717, 1.165) is 11.1 Å². The summed E-state index contributed by atoms with van der Waals surface area (Å²) in [4.78, 5) is 19.4. The van der Waals surface area contributed by atoms with Crippen LogP contribution < -0.4 is 10.6 Å². The van der Waals surface area contributed by atoms with Crippen LogP contribution in [0.1, 0.15) is 5.56 Å². The van der Waals surface area contributed by atoms with E-state index >= 15 is 0 Å². The fourth-order valence-corrected chi connectivity index (χ4v) is 2.32. The minimum Gasteiger partial charge on any atom is -0.480 e. The molecule has 26 heavy (non-hydrogen) atoms. The highest BCUT2D eigenvalue weighted by atomic mass is 19.1. The molecule has 7 heteroatoms. The Kier molecular flexibility index (Phi) is 5.38. The van der Waals surface area contributed by atoms with E-state index in [1.54, 1.807) is 18.2 Å². The predicted octanol–water partition coefficient (Wildman–Crippen LogP) is 3.39. The second kappa shape index (κ2) is 8.06. The molecule has 0 atom stereocenters. The zero-order valence-corrected chi connectivity index (χ0v) is 13.8. The number of anilines is 2. The van der Waals surface area contributed by atoms with Crippen LogP contribution in [0.2, 0.25) is 0 Å². The molecular formula is C19H17FN4O2. The average molecular weight is 352 g/mol. The smallest absolute Gasteiger partial charge is 0.322 e. The first kappa shape index (κ1) is 17.3. The molecule has 3 N–H and O–H groups in total. The van der Waals surface area contributed by atoms with Crippen LogP contribution in [0.25, 0.3) is 11.3 Å². The van der Waals surface area contributed by atoms with E-state index < -0.39 is 5.97 Å². The number of rotatable bonds is 7. The van der Waals surface area contributed by atoms with Crippen molar-refractivity contribution >= 4 is 17.7 Å². The SMILES string of the molecule is O=C(O)CNc1nc(NCc2ccc(F)cc2)cc(-c2ccccc2)n1. The molecule has 1 aromatic heterocycles. The Morgan fingerprint density at radius 1 is 1.00 bits per heavy atom. The fraction of sp³-hybridized carbons (Fsp3) is 0.105. The van der Waals surface area contributed by atoms with Crippen molar-refractivity contribution in [3.8, 4) is 11.3 Å². The van der Waals surface area contributed by atoms with Gasteiger partial charge in [-0.25, -0.2) is 9.37 Å². The van der Waals surface area contributed by atoms with E-state index in [2.05, 4.69) is 20.6 Å². The summed E-state index contributed by atoms with van der Waals surface area (Å²) in [5.74, 6) is -0.534. The van der Waals surface area contributed by atoms with E-state index in [-0.39, 0.29) is 18.3 Å². The number of halogens is 1. The highest BCUT2D eigenvalue weighted by molar-refractivity contribution is 5.72. The maximum Gasteiger partial charge on any atom is 0.322 e. The number of benzene rings is 2. The van der Waals surface area contributed by atoms with Crippen molar-refractivity contribution in [2.45, 2.75) is 6.54 Å². The maximum atomic E-state index is 13.0. The third-order valence-electron chi connectivity index (χ3n) is 3.58. The van der Waals surface area contributed by atoms with Gasteiger partial charge in [0, 0.05) is 18.2 Å². The van der Waals surface area contributed by atoms with Crippen LogP contribution in [0, 0.1) is 5.82 Å². The lowest BCUT2D eigenvalue weighted by molar-refractivity contribution is -0.134. The summed E-state index contributed by atoms with van der Waals surface area (Å²) < 4.78 is 13.0. The van der Waals surface area contributed by atoms with Gasteiger partial charge in [0.2, 0.25) is 5.95 Å². The molecule has 0 bridgehead atoms. The van der Waals surface area contributed by atoms with Crippen molar-refractivity contribution < 1.29 is 14.3 Å². The normalized spacial score (nSPS) is 10.3. The van der Waals surface area contributed by atoms with Gasteiger partial charge in [-0.3, -0.25) is 4.79 Å². The highest BCUT2D eigenvalue weighted by Gasteiger charge is 2.08. The molecule has 0 saturated heterocycles. The molecule has 0 aliphatic carbocycles. The van der Waals surface area contributed by atoms with Gasteiger partial charge >= 0.3 is 5.97 Å². The van der Waals surface area contributed by atoms with Gasteiger partial charge in [-0.2, -0.15) is 4.98 Å². The van der Waals surface area contributed by atoms with Gasteiger partial charge in [0.05, 0.1) is 5.69 Å². The standard InChI is InChI=1S/C19H17FN4O2/c20-15-8-6-13(7-9-15)11-21-17-10-16(14-4-2-1-3-5-14)23-19(24-17)22-12-18(25)26/h1-10H,11-12H2,(H,25,26)(H2,21,22,23,24). The molecule has 0 radical (unpaired) electrons. The number of hydrogen-bond acceptors (Lipinski definition) is 5. The van der Waals surface area contributed by atoms with Crippen molar-refractivity contribution in [2.75, 3.05) is 17.2 Å². The number of nitrogens with one attached hydrogen (secondary N) is 2. The molecule has 3 rings (SSSR count). The zero-order chi connectivity index (χ0) is 18.4. The van der Waals surface area contributed by atoms with Crippen molar-refractivity contribution in [3.63, 3.8) is 0 Å². The van der Waals surface area contributed by atoms with Gasteiger partial charge in [0.15, 0.2) is 0 Å². The summed E-state index contributed by atoms with van der Waals surface area (Å²) in [5, 5.41) is 14.7. The summed E-state index contributed by atoms with van der Waals surface area (Å²) in [6, 6.07) is 17.5. The molecule has 3 aromatic rings. The molecule has 132 valence electrons. The molecule has 0 spiro atoms. The zero-order valence-electron chi connectivity index (χ0n) is 13.8. The molecular weight excluding hydrogens is 335 g/mol. The topological polar surface area (TPSA) is 87.1 Å². The molecule has 0 aliphatic heterocycles. The lowest BCUT2D eigenvalue weighted by Gasteiger charge is -2.11. The third-order valence-corrected chi connectivity index (χ3v) is 3.58. The van der Waals surface area contributed by atoms with Gasteiger partial charge in [-0.1, -0.05) is 42.5 Å². The van der Waals surface area contributed by atoms with Crippen LogP contribution in [0.3, 0.4) is 0 Å². The lowest BCUT2D eigenvalue weighted by Crippen LogP contribution is -2.15. The minimum absolute atomic E-state index is 0.218. The summed E-state index contributed by atoms with van der Waals surface area (Å²) in [7, 11) is 0. The molecule has 2 aromatic carbocycles. The molecule has 0 amide bonds. The van der Waals surface area contributed by atoms with Crippen molar-refractivity contribution in [3.05, 3.63) is 72.0 Å². The van der Waals surface area contributed by atoms with E-state index in [0.29, 0.717) is 18.1 Å². The first-order chi connectivity index (χ1) is 12.6. The van der Waals surface area contributed by atoms with Gasteiger partial charge in [0.1, 0.15) is 18.2 Å². The summed E-state index contributed by atoms with van der Waals surface area (Å²) in [6.07, 6.45) is 0. The average Bonchev–Trinajstić information content (AvgIpc) is 2.66. The molecule has 0 saturated carbocycles. The Morgan fingerprint density at radius 3 is 2.42 bits per heavy atom. The number of carboxylic acids is 1. The van der Waals surface area contributed by atoms with Crippen LogP contribution in [0.4, 0.5) is 16.2 Å². The van der Waals surface area contributed by atoms with E-state index in [1.807, 2.05) is 30.3 Å². The number of aromatic nitrogens is 2. The number of aliphatic carboxylic acids is 1. The summed E-state index contributed by atoms with van der Waals surface area (Å²) >= 11 is 0. The first-order valence-electron chi connectivity index (χ1n) is 7.98. The molecule has 0 fully saturated rings. The Balaban J connectivity index is 1.83. The van der Waals surface area contributed by atoms with Gasteiger partial charge in [-0.15, -0.1) is 0 Å². The first-order valence-corrected chi connectivity index (χ1v) is 7.98. The van der Waals surface area contributed by atoms with Gasteiger partial charge < -0.3 is 15.7 Å². The summed E-state index contributed by atoms with van der Waals surface area (Å²) in [6.45, 7) is 0.166. The van der Waals surface area contributed by atoms with E-state index in [9.17, 15) is 9.18 Å².